The van der Waals surface area contributed by atoms with Crippen molar-refractivity contribution in [1.29, 1.82) is 0 Å². The van der Waals surface area contributed by atoms with Crippen LogP contribution in [0.3, 0.4) is 0 Å². The zero-order valence-electron chi connectivity index (χ0n) is 9.48. The Bertz CT molecular complexity index is 497. The Kier molecular flexibility index (Phi) is 2.36. The van der Waals surface area contributed by atoms with E-state index in [1.54, 1.807) is 0 Å². The number of hydrogen-bond acceptors (Lipinski definition) is 3. The molecule has 0 aromatic carbocycles. The molecule has 2 aromatic heterocycles. The minimum atomic E-state index is 0.706. The summed E-state index contributed by atoms with van der Waals surface area (Å²) in [4.78, 5) is 4.56. The fourth-order valence-corrected chi connectivity index (χ4v) is 2.31. The highest BCUT2D eigenvalue weighted by Gasteiger charge is 2.17. The molecule has 3 rings (SSSR count). The predicted molar refractivity (Wildman–Crippen MR) is 62.4 cm³/mol. The summed E-state index contributed by atoms with van der Waals surface area (Å²) in [6, 6.07) is 6.10. The van der Waals surface area contributed by atoms with Gasteiger partial charge < -0.3 is 5.32 Å². The fourth-order valence-electron chi connectivity index (χ4n) is 2.31. The van der Waals surface area contributed by atoms with Crippen molar-refractivity contribution in [2.75, 3.05) is 13.1 Å². The molecule has 2 aromatic rings. The number of nitrogens with one attached hydrogen (secondary N) is 1. The minimum Gasteiger partial charge on any atom is -0.316 e. The van der Waals surface area contributed by atoms with Crippen LogP contribution >= 0.6 is 0 Å². The largest absolute Gasteiger partial charge is 0.316 e. The van der Waals surface area contributed by atoms with E-state index in [1.807, 2.05) is 16.6 Å². The molecule has 1 atom stereocenters. The van der Waals surface area contributed by atoms with Crippen LogP contribution < -0.4 is 5.32 Å². The maximum atomic E-state index is 4.56. The summed E-state index contributed by atoms with van der Waals surface area (Å²) < 4.78 is 1.93. The molecule has 4 heteroatoms. The second kappa shape index (κ2) is 3.87. The molecule has 0 amide bonds. The van der Waals surface area contributed by atoms with Gasteiger partial charge in [-0.2, -0.15) is 5.10 Å². The van der Waals surface area contributed by atoms with Crippen molar-refractivity contribution < 1.29 is 0 Å². The first-order valence-corrected chi connectivity index (χ1v) is 5.85. The molecule has 1 aliphatic rings. The lowest BCUT2D eigenvalue weighted by molar-refractivity contribution is 0.561. The van der Waals surface area contributed by atoms with Gasteiger partial charge in [-0.1, -0.05) is 6.07 Å². The van der Waals surface area contributed by atoms with Crippen LogP contribution in [0.1, 0.15) is 17.9 Å². The van der Waals surface area contributed by atoms with E-state index in [0.29, 0.717) is 5.92 Å². The standard InChI is InChI=1S/C12H16N4/c1-9-3-2-4-12-14-11(15-16(9)12)7-10-5-6-13-8-10/h2-4,10,13H,5-8H2,1H3. The van der Waals surface area contributed by atoms with Crippen LogP contribution in [0.2, 0.25) is 0 Å². The summed E-state index contributed by atoms with van der Waals surface area (Å²) in [5, 5.41) is 7.93. The number of pyridine rings is 1. The normalized spacial score (nSPS) is 20.7. The monoisotopic (exact) mass is 216 g/mol. The summed E-state index contributed by atoms with van der Waals surface area (Å²) in [5.74, 6) is 1.68. The third-order valence-corrected chi connectivity index (χ3v) is 3.23. The first-order valence-electron chi connectivity index (χ1n) is 5.85. The van der Waals surface area contributed by atoms with Gasteiger partial charge in [0.15, 0.2) is 11.5 Å². The lowest BCUT2D eigenvalue weighted by Gasteiger charge is -2.02. The second-order valence-corrected chi connectivity index (χ2v) is 4.53. The van der Waals surface area contributed by atoms with E-state index >= 15 is 0 Å². The number of rotatable bonds is 2. The van der Waals surface area contributed by atoms with E-state index in [-0.39, 0.29) is 0 Å². The molecule has 1 fully saturated rings. The van der Waals surface area contributed by atoms with Crippen molar-refractivity contribution in [1.82, 2.24) is 19.9 Å². The highest BCUT2D eigenvalue weighted by Crippen LogP contribution is 2.14. The summed E-state index contributed by atoms with van der Waals surface area (Å²) in [6.07, 6.45) is 2.24. The molecule has 3 heterocycles. The Morgan fingerprint density at radius 1 is 1.50 bits per heavy atom. The van der Waals surface area contributed by atoms with Crippen LogP contribution in [-0.4, -0.2) is 27.7 Å². The van der Waals surface area contributed by atoms with Gasteiger partial charge in [0, 0.05) is 12.1 Å². The van der Waals surface area contributed by atoms with Crippen molar-refractivity contribution in [2.24, 2.45) is 5.92 Å². The topological polar surface area (TPSA) is 42.2 Å². The zero-order valence-corrected chi connectivity index (χ0v) is 9.48. The highest BCUT2D eigenvalue weighted by molar-refractivity contribution is 5.38. The third-order valence-electron chi connectivity index (χ3n) is 3.23. The predicted octanol–water partition coefficient (Wildman–Crippen LogP) is 1.19. The average molecular weight is 216 g/mol. The molecule has 1 saturated heterocycles. The van der Waals surface area contributed by atoms with E-state index in [9.17, 15) is 0 Å². The van der Waals surface area contributed by atoms with Crippen molar-refractivity contribution in [3.8, 4) is 0 Å². The quantitative estimate of drug-likeness (QED) is 0.820. The maximum absolute atomic E-state index is 4.56. The van der Waals surface area contributed by atoms with E-state index in [1.165, 1.54) is 6.42 Å². The molecular formula is C12H16N4. The van der Waals surface area contributed by atoms with Gasteiger partial charge in [0.1, 0.15) is 0 Å². The highest BCUT2D eigenvalue weighted by atomic mass is 15.3. The lowest BCUT2D eigenvalue weighted by atomic mass is 10.1. The summed E-state index contributed by atoms with van der Waals surface area (Å²) >= 11 is 0. The van der Waals surface area contributed by atoms with Crippen molar-refractivity contribution >= 4 is 5.65 Å². The van der Waals surface area contributed by atoms with Gasteiger partial charge in [-0.25, -0.2) is 9.50 Å². The maximum Gasteiger partial charge on any atom is 0.155 e. The fraction of sp³-hybridized carbons (Fsp3) is 0.500. The van der Waals surface area contributed by atoms with E-state index < -0.39 is 0 Å². The smallest absolute Gasteiger partial charge is 0.155 e. The van der Waals surface area contributed by atoms with Gasteiger partial charge in [0.05, 0.1) is 0 Å². The molecule has 1 aliphatic heterocycles. The van der Waals surface area contributed by atoms with Crippen LogP contribution in [0, 0.1) is 12.8 Å². The molecule has 0 saturated carbocycles. The van der Waals surface area contributed by atoms with Gasteiger partial charge in [-0.3, -0.25) is 0 Å². The van der Waals surface area contributed by atoms with Crippen molar-refractivity contribution in [2.45, 2.75) is 19.8 Å². The van der Waals surface area contributed by atoms with E-state index in [4.69, 9.17) is 0 Å². The number of aromatic nitrogens is 3. The third kappa shape index (κ3) is 1.69. The summed E-state index contributed by atoms with van der Waals surface area (Å²) in [5.41, 5.74) is 2.10. The van der Waals surface area contributed by atoms with Crippen LogP contribution in [0.15, 0.2) is 18.2 Å². The van der Waals surface area contributed by atoms with Gasteiger partial charge in [0.2, 0.25) is 0 Å². The molecule has 4 nitrogen and oxygen atoms in total. The zero-order chi connectivity index (χ0) is 11.0. The Labute approximate surface area is 94.7 Å². The molecule has 0 radical (unpaired) electrons. The second-order valence-electron chi connectivity index (χ2n) is 4.53. The van der Waals surface area contributed by atoms with Gasteiger partial charge in [0.25, 0.3) is 0 Å². The SMILES string of the molecule is Cc1cccc2nc(CC3CCNC3)nn12. The van der Waals surface area contributed by atoms with Crippen molar-refractivity contribution in [3.63, 3.8) is 0 Å². The molecule has 1 N–H and O–H groups in total. The molecule has 1 unspecified atom stereocenters. The molecule has 84 valence electrons. The molecular weight excluding hydrogens is 200 g/mol. The number of aryl methyl sites for hydroxylation is 1. The average Bonchev–Trinajstić information content (AvgIpc) is 2.88. The first kappa shape index (κ1) is 9.78. The summed E-state index contributed by atoms with van der Waals surface area (Å²) in [6.45, 7) is 4.30. The number of hydrogen-bond donors (Lipinski definition) is 1. The summed E-state index contributed by atoms with van der Waals surface area (Å²) in [7, 11) is 0. The Morgan fingerprint density at radius 2 is 2.44 bits per heavy atom. The van der Waals surface area contributed by atoms with Crippen LogP contribution in [0.4, 0.5) is 0 Å². The Hall–Kier alpha value is -1.42. The first-order chi connectivity index (χ1) is 7.83. The van der Waals surface area contributed by atoms with Crippen molar-refractivity contribution in [3.05, 3.63) is 29.7 Å². The molecule has 0 spiro atoms. The van der Waals surface area contributed by atoms with Crippen LogP contribution in [0.25, 0.3) is 5.65 Å². The minimum absolute atomic E-state index is 0.706. The van der Waals surface area contributed by atoms with Gasteiger partial charge in [-0.15, -0.1) is 0 Å². The number of fused-ring (bicyclic) bond motifs is 1. The lowest BCUT2D eigenvalue weighted by Crippen LogP contribution is -2.11. The Balaban J connectivity index is 1.90. The Morgan fingerprint density at radius 3 is 3.19 bits per heavy atom. The molecule has 16 heavy (non-hydrogen) atoms. The van der Waals surface area contributed by atoms with E-state index in [0.717, 1.165) is 36.7 Å². The van der Waals surface area contributed by atoms with Crippen LogP contribution in [-0.2, 0) is 6.42 Å². The number of nitrogens with zero attached hydrogens (tertiary/aromatic N) is 3. The van der Waals surface area contributed by atoms with Gasteiger partial charge >= 0.3 is 0 Å². The molecule has 0 bridgehead atoms. The molecule has 0 aliphatic carbocycles. The van der Waals surface area contributed by atoms with Gasteiger partial charge in [-0.05, 0) is 44.5 Å². The van der Waals surface area contributed by atoms with Crippen LogP contribution in [0.5, 0.6) is 0 Å². The van der Waals surface area contributed by atoms with E-state index in [2.05, 4.69) is 28.4 Å².